The summed E-state index contributed by atoms with van der Waals surface area (Å²) in [7, 11) is 1.59. The Morgan fingerprint density at radius 1 is 1.40 bits per heavy atom. The SMILES string of the molecule is COc1cc2c(cc1C(O)c1cnccn1)OC(C)C2. The Labute approximate surface area is 117 Å². The van der Waals surface area contributed by atoms with E-state index in [2.05, 4.69) is 9.97 Å². The molecule has 0 amide bonds. The molecule has 1 aliphatic rings. The number of ether oxygens (including phenoxy) is 2. The Kier molecular flexibility index (Phi) is 3.28. The van der Waals surface area contributed by atoms with E-state index in [0.717, 1.165) is 17.7 Å². The van der Waals surface area contributed by atoms with Crippen LogP contribution in [0.5, 0.6) is 11.5 Å². The molecule has 2 unspecified atom stereocenters. The predicted molar refractivity (Wildman–Crippen MR) is 72.9 cm³/mol. The van der Waals surface area contributed by atoms with Crippen LogP contribution < -0.4 is 9.47 Å². The molecule has 20 heavy (non-hydrogen) atoms. The van der Waals surface area contributed by atoms with E-state index in [1.165, 1.54) is 0 Å². The number of aliphatic hydroxyl groups excluding tert-OH is 1. The minimum atomic E-state index is -0.886. The monoisotopic (exact) mass is 272 g/mol. The molecule has 104 valence electrons. The zero-order chi connectivity index (χ0) is 14.1. The second-order valence-corrected chi connectivity index (χ2v) is 4.87. The van der Waals surface area contributed by atoms with Gasteiger partial charge < -0.3 is 14.6 Å². The summed E-state index contributed by atoms with van der Waals surface area (Å²) in [4.78, 5) is 8.11. The maximum atomic E-state index is 10.5. The van der Waals surface area contributed by atoms with Crippen LogP contribution in [0.1, 0.15) is 29.8 Å². The van der Waals surface area contributed by atoms with Crippen LogP contribution in [0.15, 0.2) is 30.7 Å². The van der Waals surface area contributed by atoms with E-state index in [1.54, 1.807) is 25.7 Å². The van der Waals surface area contributed by atoms with Crippen molar-refractivity contribution >= 4 is 0 Å². The van der Waals surface area contributed by atoms with Crippen molar-refractivity contribution in [1.29, 1.82) is 0 Å². The van der Waals surface area contributed by atoms with Crippen molar-refractivity contribution in [3.63, 3.8) is 0 Å². The first kappa shape index (κ1) is 12.9. The van der Waals surface area contributed by atoms with E-state index < -0.39 is 6.10 Å². The molecule has 0 saturated heterocycles. The van der Waals surface area contributed by atoms with Crippen molar-refractivity contribution in [3.05, 3.63) is 47.5 Å². The van der Waals surface area contributed by atoms with Crippen LogP contribution in [-0.2, 0) is 6.42 Å². The van der Waals surface area contributed by atoms with E-state index >= 15 is 0 Å². The molecular weight excluding hydrogens is 256 g/mol. The topological polar surface area (TPSA) is 64.5 Å². The van der Waals surface area contributed by atoms with Crippen LogP contribution in [0, 0.1) is 0 Å². The van der Waals surface area contributed by atoms with Gasteiger partial charge in [-0.1, -0.05) is 0 Å². The second-order valence-electron chi connectivity index (χ2n) is 4.87. The summed E-state index contributed by atoms with van der Waals surface area (Å²) in [6.45, 7) is 2.02. The predicted octanol–water partition coefficient (Wildman–Crippen LogP) is 1.89. The highest BCUT2D eigenvalue weighted by Crippen LogP contribution is 2.38. The van der Waals surface area contributed by atoms with Gasteiger partial charge in [0.25, 0.3) is 0 Å². The second kappa shape index (κ2) is 5.09. The van der Waals surface area contributed by atoms with Crippen LogP contribution in [0.25, 0.3) is 0 Å². The van der Waals surface area contributed by atoms with Gasteiger partial charge in [-0.2, -0.15) is 0 Å². The first-order valence-electron chi connectivity index (χ1n) is 6.50. The number of rotatable bonds is 3. The van der Waals surface area contributed by atoms with Crippen LogP contribution in [0.3, 0.4) is 0 Å². The lowest BCUT2D eigenvalue weighted by molar-refractivity contribution is 0.208. The molecule has 0 aliphatic carbocycles. The summed E-state index contributed by atoms with van der Waals surface area (Å²) >= 11 is 0. The van der Waals surface area contributed by atoms with Crippen LogP contribution in [-0.4, -0.2) is 28.3 Å². The quantitative estimate of drug-likeness (QED) is 0.924. The van der Waals surface area contributed by atoms with Gasteiger partial charge in [0.2, 0.25) is 0 Å². The molecule has 0 spiro atoms. The zero-order valence-corrected chi connectivity index (χ0v) is 11.4. The van der Waals surface area contributed by atoms with Crippen LogP contribution in [0.4, 0.5) is 0 Å². The van der Waals surface area contributed by atoms with Crippen molar-refractivity contribution in [2.45, 2.75) is 25.6 Å². The number of fused-ring (bicyclic) bond motifs is 1. The van der Waals surface area contributed by atoms with E-state index in [1.807, 2.05) is 19.1 Å². The molecule has 1 N–H and O–H groups in total. The number of hydrogen-bond acceptors (Lipinski definition) is 5. The maximum absolute atomic E-state index is 10.5. The van der Waals surface area contributed by atoms with E-state index in [9.17, 15) is 5.11 Å². The third-order valence-electron chi connectivity index (χ3n) is 3.41. The van der Waals surface area contributed by atoms with Crippen molar-refractivity contribution in [3.8, 4) is 11.5 Å². The highest BCUT2D eigenvalue weighted by atomic mass is 16.5. The fourth-order valence-corrected chi connectivity index (χ4v) is 2.46. The van der Waals surface area contributed by atoms with Gasteiger partial charge in [0.1, 0.15) is 23.7 Å². The number of hydrogen-bond donors (Lipinski definition) is 1. The molecule has 0 radical (unpaired) electrons. The lowest BCUT2D eigenvalue weighted by atomic mass is 10.0. The minimum absolute atomic E-state index is 0.151. The van der Waals surface area contributed by atoms with Gasteiger partial charge in [0.05, 0.1) is 19.0 Å². The van der Waals surface area contributed by atoms with Gasteiger partial charge >= 0.3 is 0 Å². The molecule has 0 fully saturated rings. The fourth-order valence-electron chi connectivity index (χ4n) is 2.46. The first-order valence-corrected chi connectivity index (χ1v) is 6.50. The van der Waals surface area contributed by atoms with Crippen LogP contribution >= 0.6 is 0 Å². The Balaban J connectivity index is 2.03. The highest BCUT2D eigenvalue weighted by Gasteiger charge is 2.25. The molecule has 2 aromatic rings. The standard InChI is InChI=1S/C15H16N2O3/c1-9-5-10-6-14(19-2)11(7-13(10)20-9)15(18)12-8-16-3-4-17-12/h3-4,6-9,15,18H,5H2,1-2H3. The average Bonchev–Trinajstić information content (AvgIpc) is 2.85. The molecule has 5 nitrogen and oxygen atoms in total. The Hall–Kier alpha value is -2.14. The largest absolute Gasteiger partial charge is 0.496 e. The summed E-state index contributed by atoms with van der Waals surface area (Å²) in [5, 5.41) is 10.5. The van der Waals surface area contributed by atoms with Gasteiger partial charge in [0, 0.05) is 29.9 Å². The molecule has 5 heteroatoms. The number of benzene rings is 1. The van der Waals surface area contributed by atoms with Crippen molar-refractivity contribution in [1.82, 2.24) is 9.97 Å². The normalized spacial score (nSPS) is 18.2. The fraction of sp³-hybridized carbons (Fsp3) is 0.333. The van der Waals surface area contributed by atoms with Crippen molar-refractivity contribution < 1.29 is 14.6 Å². The smallest absolute Gasteiger partial charge is 0.126 e. The molecule has 2 heterocycles. The lowest BCUT2D eigenvalue weighted by Crippen LogP contribution is -2.06. The maximum Gasteiger partial charge on any atom is 0.126 e. The highest BCUT2D eigenvalue weighted by molar-refractivity contribution is 5.50. The zero-order valence-electron chi connectivity index (χ0n) is 11.4. The van der Waals surface area contributed by atoms with Crippen molar-refractivity contribution in [2.24, 2.45) is 0 Å². The Morgan fingerprint density at radius 3 is 2.95 bits per heavy atom. The number of nitrogens with zero attached hydrogens (tertiary/aromatic N) is 2. The van der Waals surface area contributed by atoms with Gasteiger partial charge in [-0.05, 0) is 19.1 Å². The molecule has 1 aromatic heterocycles. The van der Waals surface area contributed by atoms with E-state index in [4.69, 9.17) is 9.47 Å². The summed E-state index contributed by atoms with van der Waals surface area (Å²) < 4.78 is 11.1. The number of methoxy groups -OCH3 is 1. The van der Waals surface area contributed by atoms with Gasteiger partial charge in [-0.25, -0.2) is 0 Å². The van der Waals surface area contributed by atoms with Gasteiger partial charge in [0.15, 0.2) is 0 Å². The van der Waals surface area contributed by atoms with E-state index in [-0.39, 0.29) is 6.10 Å². The summed E-state index contributed by atoms with van der Waals surface area (Å²) in [6.07, 6.45) is 4.79. The Morgan fingerprint density at radius 2 is 2.25 bits per heavy atom. The summed E-state index contributed by atoms with van der Waals surface area (Å²) in [6, 6.07) is 3.75. The third kappa shape index (κ3) is 2.20. The van der Waals surface area contributed by atoms with Gasteiger partial charge in [-0.15, -0.1) is 0 Å². The van der Waals surface area contributed by atoms with Gasteiger partial charge in [-0.3, -0.25) is 9.97 Å². The van der Waals surface area contributed by atoms with E-state index in [0.29, 0.717) is 17.0 Å². The molecule has 0 saturated carbocycles. The minimum Gasteiger partial charge on any atom is -0.496 e. The molecule has 1 aliphatic heterocycles. The summed E-state index contributed by atoms with van der Waals surface area (Å²) in [5.74, 6) is 1.44. The number of aliphatic hydroxyl groups is 1. The molecule has 3 rings (SSSR count). The lowest BCUT2D eigenvalue weighted by Gasteiger charge is -2.15. The molecular formula is C15H16N2O3. The third-order valence-corrected chi connectivity index (χ3v) is 3.41. The molecule has 1 aromatic carbocycles. The molecule has 0 bridgehead atoms. The summed E-state index contributed by atoms with van der Waals surface area (Å²) in [5.41, 5.74) is 2.22. The van der Waals surface area contributed by atoms with Crippen molar-refractivity contribution in [2.75, 3.05) is 7.11 Å². The van der Waals surface area contributed by atoms with Crippen LogP contribution in [0.2, 0.25) is 0 Å². The number of aromatic nitrogens is 2. The Bertz CT molecular complexity index is 616. The molecule has 2 atom stereocenters. The first-order chi connectivity index (χ1) is 9.69. The average molecular weight is 272 g/mol.